The predicted octanol–water partition coefficient (Wildman–Crippen LogP) is 1.17. The first kappa shape index (κ1) is 9.37. The highest BCUT2D eigenvalue weighted by atomic mass is 16.6. The molecule has 70 valence electrons. The summed E-state index contributed by atoms with van der Waals surface area (Å²) < 4.78 is 5.10. The van der Waals surface area contributed by atoms with Crippen LogP contribution in [-0.4, -0.2) is 21.0 Å². The zero-order chi connectivity index (χ0) is 9.84. The quantitative estimate of drug-likeness (QED) is 0.519. The summed E-state index contributed by atoms with van der Waals surface area (Å²) in [6, 6.07) is 0.153. The molecule has 6 nitrogen and oxygen atoms in total. The molecule has 1 aromatic rings. The molecule has 0 N–H and O–H groups in total. The van der Waals surface area contributed by atoms with Crippen molar-refractivity contribution in [2.24, 2.45) is 0 Å². The summed E-state index contributed by atoms with van der Waals surface area (Å²) in [5.74, 6) is 0. The lowest BCUT2D eigenvalue weighted by Crippen LogP contribution is -2.08. The third-order valence-corrected chi connectivity index (χ3v) is 1.17. The van der Waals surface area contributed by atoms with Gasteiger partial charge >= 0.3 is 11.7 Å². The second kappa shape index (κ2) is 3.79. The Labute approximate surface area is 74.7 Å². The van der Waals surface area contributed by atoms with Crippen molar-refractivity contribution in [1.82, 2.24) is 9.97 Å². The molecule has 1 heterocycles. The van der Waals surface area contributed by atoms with Gasteiger partial charge in [-0.15, -0.1) is 0 Å². The first-order valence-electron chi connectivity index (χ1n) is 3.72. The van der Waals surface area contributed by atoms with Gasteiger partial charge in [0.05, 0.1) is 11.0 Å². The van der Waals surface area contributed by atoms with E-state index in [1.54, 1.807) is 0 Å². The molecule has 0 saturated carbocycles. The van der Waals surface area contributed by atoms with Crippen LogP contribution in [0.25, 0.3) is 0 Å². The molecular weight excluding hydrogens is 174 g/mol. The smallest absolute Gasteiger partial charge is 0.317 e. The van der Waals surface area contributed by atoms with E-state index in [-0.39, 0.29) is 17.8 Å². The molecule has 0 aliphatic rings. The van der Waals surface area contributed by atoms with E-state index in [4.69, 9.17) is 4.74 Å². The molecule has 6 heteroatoms. The van der Waals surface area contributed by atoms with Crippen LogP contribution < -0.4 is 4.74 Å². The van der Waals surface area contributed by atoms with Gasteiger partial charge in [0.25, 0.3) is 0 Å². The van der Waals surface area contributed by atoms with Gasteiger partial charge in [-0.3, -0.25) is 10.1 Å². The van der Waals surface area contributed by atoms with Crippen LogP contribution in [0.5, 0.6) is 6.01 Å². The van der Waals surface area contributed by atoms with Gasteiger partial charge in [-0.1, -0.05) is 0 Å². The summed E-state index contributed by atoms with van der Waals surface area (Å²) in [4.78, 5) is 17.0. The molecule has 0 bridgehead atoms. The number of hydrogen-bond donors (Lipinski definition) is 0. The minimum atomic E-state index is -0.556. The van der Waals surface area contributed by atoms with E-state index in [0.717, 1.165) is 12.4 Å². The summed E-state index contributed by atoms with van der Waals surface area (Å²) in [6.07, 6.45) is 2.19. The maximum atomic E-state index is 10.2. The van der Waals surface area contributed by atoms with Crippen molar-refractivity contribution in [3.8, 4) is 6.01 Å². The highest BCUT2D eigenvalue weighted by Gasteiger charge is 2.07. The normalized spacial score (nSPS) is 10.1. The number of nitrogens with zero attached hydrogens (tertiary/aromatic N) is 3. The standard InChI is InChI=1S/C7H9N3O3/c1-5(2)13-7-8-3-6(4-9-7)10(11)12/h3-5H,1-2H3. The Hall–Kier alpha value is -1.72. The Morgan fingerprint density at radius 1 is 1.46 bits per heavy atom. The minimum Gasteiger partial charge on any atom is -0.461 e. The van der Waals surface area contributed by atoms with Crippen LogP contribution in [0.2, 0.25) is 0 Å². The molecule has 0 aliphatic carbocycles. The molecule has 1 aromatic heterocycles. The lowest BCUT2D eigenvalue weighted by Gasteiger charge is -2.05. The van der Waals surface area contributed by atoms with Crippen molar-refractivity contribution in [1.29, 1.82) is 0 Å². The van der Waals surface area contributed by atoms with Gasteiger partial charge in [0.1, 0.15) is 12.4 Å². The summed E-state index contributed by atoms with van der Waals surface area (Å²) in [5, 5.41) is 10.2. The van der Waals surface area contributed by atoms with Gasteiger partial charge in [0, 0.05) is 0 Å². The molecule has 0 fully saturated rings. The number of nitro groups is 1. The topological polar surface area (TPSA) is 78.2 Å². The van der Waals surface area contributed by atoms with E-state index in [9.17, 15) is 10.1 Å². The van der Waals surface area contributed by atoms with Crippen molar-refractivity contribution in [2.45, 2.75) is 20.0 Å². The van der Waals surface area contributed by atoms with Crippen molar-refractivity contribution in [2.75, 3.05) is 0 Å². The fourth-order valence-corrected chi connectivity index (χ4v) is 0.675. The maximum absolute atomic E-state index is 10.2. The Morgan fingerprint density at radius 3 is 2.38 bits per heavy atom. The molecule has 0 amide bonds. The van der Waals surface area contributed by atoms with E-state index in [1.807, 2.05) is 13.8 Å². The molecule has 1 rings (SSSR count). The van der Waals surface area contributed by atoms with Gasteiger partial charge in [0.2, 0.25) is 0 Å². The van der Waals surface area contributed by atoms with Crippen molar-refractivity contribution >= 4 is 5.69 Å². The second-order valence-corrected chi connectivity index (χ2v) is 2.65. The Bertz CT molecular complexity index is 296. The van der Waals surface area contributed by atoms with Crippen LogP contribution in [0.15, 0.2) is 12.4 Å². The van der Waals surface area contributed by atoms with Crippen LogP contribution in [0.1, 0.15) is 13.8 Å². The molecule has 13 heavy (non-hydrogen) atoms. The second-order valence-electron chi connectivity index (χ2n) is 2.65. The number of hydrogen-bond acceptors (Lipinski definition) is 5. The van der Waals surface area contributed by atoms with Crippen LogP contribution >= 0.6 is 0 Å². The molecule has 0 atom stereocenters. The molecule has 0 unspecified atom stereocenters. The molecule has 0 saturated heterocycles. The van der Waals surface area contributed by atoms with Gasteiger partial charge < -0.3 is 4.74 Å². The van der Waals surface area contributed by atoms with E-state index >= 15 is 0 Å². The third-order valence-electron chi connectivity index (χ3n) is 1.17. The molecule has 0 radical (unpaired) electrons. The van der Waals surface area contributed by atoms with Crippen molar-refractivity contribution in [3.63, 3.8) is 0 Å². The van der Waals surface area contributed by atoms with Crippen molar-refractivity contribution in [3.05, 3.63) is 22.5 Å². The first-order chi connectivity index (χ1) is 6.09. The van der Waals surface area contributed by atoms with Crippen LogP contribution in [-0.2, 0) is 0 Å². The van der Waals surface area contributed by atoms with Crippen LogP contribution in [0, 0.1) is 10.1 Å². The number of ether oxygens (including phenoxy) is 1. The zero-order valence-electron chi connectivity index (χ0n) is 7.30. The van der Waals surface area contributed by atoms with Gasteiger partial charge in [-0.05, 0) is 13.8 Å². The van der Waals surface area contributed by atoms with Crippen molar-refractivity contribution < 1.29 is 9.66 Å². The monoisotopic (exact) mass is 183 g/mol. The fourth-order valence-electron chi connectivity index (χ4n) is 0.675. The average molecular weight is 183 g/mol. The predicted molar refractivity (Wildman–Crippen MR) is 44.5 cm³/mol. The van der Waals surface area contributed by atoms with E-state index in [2.05, 4.69) is 9.97 Å². The summed E-state index contributed by atoms with van der Waals surface area (Å²) in [7, 11) is 0. The summed E-state index contributed by atoms with van der Waals surface area (Å²) in [5.41, 5.74) is -0.142. The number of aromatic nitrogens is 2. The fraction of sp³-hybridized carbons (Fsp3) is 0.429. The lowest BCUT2D eigenvalue weighted by molar-refractivity contribution is -0.385. The zero-order valence-corrected chi connectivity index (χ0v) is 7.30. The average Bonchev–Trinajstić information content (AvgIpc) is 2.04. The van der Waals surface area contributed by atoms with Gasteiger partial charge in [-0.2, -0.15) is 9.97 Å². The maximum Gasteiger partial charge on any atom is 0.317 e. The third kappa shape index (κ3) is 2.66. The first-order valence-corrected chi connectivity index (χ1v) is 3.72. The van der Waals surface area contributed by atoms with Crippen LogP contribution in [0.3, 0.4) is 0 Å². The molecule has 0 aromatic carbocycles. The highest BCUT2D eigenvalue weighted by molar-refractivity contribution is 5.21. The molecule has 0 spiro atoms. The minimum absolute atomic E-state index is 0.0403. The highest BCUT2D eigenvalue weighted by Crippen LogP contribution is 2.10. The van der Waals surface area contributed by atoms with E-state index in [1.165, 1.54) is 0 Å². The molecular formula is C7H9N3O3. The Kier molecular flexibility index (Phi) is 2.73. The Balaban J connectivity index is 2.75. The summed E-state index contributed by atoms with van der Waals surface area (Å²) >= 11 is 0. The Morgan fingerprint density at radius 2 is 2.00 bits per heavy atom. The number of rotatable bonds is 3. The van der Waals surface area contributed by atoms with E-state index < -0.39 is 4.92 Å². The van der Waals surface area contributed by atoms with Gasteiger partial charge in [0.15, 0.2) is 0 Å². The van der Waals surface area contributed by atoms with Gasteiger partial charge in [-0.25, -0.2) is 0 Å². The molecule has 0 aliphatic heterocycles. The largest absolute Gasteiger partial charge is 0.461 e. The van der Waals surface area contributed by atoms with Crippen LogP contribution in [0.4, 0.5) is 5.69 Å². The lowest BCUT2D eigenvalue weighted by atomic mass is 10.5. The summed E-state index contributed by atoms with van der Waals surface area (Å²) in [6.45, 7) is 3.65. The van der Waals surface area contributed by atoms with E-state index in [0.29, 0.717) is 0 Å². The SMILES string of the molecule is CC(C)Oc1ncc([N+](=O)[O-])cn1.